The maximum absolute atomic E-state index is 10.7. The van der Waals surface area contributed by atoms with Crippen LogP contribution in [0.1, 0.15) is 0 Å². The van der Waals surface area contributed by atoms with Gasteiger partial charge in [-0.3, -0.25) is 0 Å². The number of hydrogen-bond donors (Lipinski definition) is 0. The van der Waals surface area contributed by atoms with E-state index in [0.717, 1.165) is 0 Å². The van der Waals surface area contributed by atoms with E-state index >= 15 is 0 Å². The molecule has 0 spiro atoms. The Kier molecular flexibility index (Phi) is 3.93. The van der Waals surface area contributed by atoms with Crippen molar-refractivity contribution in [3.05, 3.63) is 12.4 Å². The van der Waals surface area contributed by atoms with Gasteiger partial charge in [-0.05, 0) is 6.08 Å². The van der Waals surface area contributed by atoms with Crippen LogP contribution in [-0.2, 0) is 0 Å². The monoisotopic (exact) mass is 94.0 g/mol. The molecule has 5 heavy (non-hydrogen) atoms. The molecule has 0 heterocycles. The van der Waals surface area contributed by atoms with Gasteiger partial charge in [-0.1, -0.05) is 0 Å². The molecular formula is C3H4ClF. The van der Waals surface area contributed by atoms with E-state index < -0.39 is 0 Å². The van der Waals surface area contributed by atoms with Crippen LogP contribution in [-0.4, -0.2) is 5.88 Å². The maximum Gasteiger partial charge on any atom is 0.0838 e. The second-order valence-electron chi connectivity index (χ2n) is 0.516. The summed E-state index contributed by atoms with van der Waals surface area (Å²) >= 11 is 4.97. The summed E-state index contributed by atoms with van der Waals surface area (Å²) in [6, 6.07) is 0. The third-order valence-electron chi connectivity index (χ3n) is 0.178. The van der Waals surface area contributed by atoms with Crippen molar-refractivity contribution >= 4 is 11.6 Å². The second kappa shape index (κ2) is 3.96. The lowest BCUT2D eigenvalue weighted by atomic mass is 10.8. The highest BCUT2D eigenvalue weighted by atomic mass is 35.5. The van der Waals surface area contributed by atoms with Gasteiger partial charge in [0.25, 0.3) is 0 Å². The van der Waals surface area contributed by atoms with Crippen molar-refractivity contribution in [1.82, 2.24) is 0 Å². The Balaban J connectivity index is 2.62. The zero-order valence-corrected chi connectivity index (χ0v) is 3.37. The van der Waals surface area contributed by atoms with Gasteiger partial charge in [0.1, 0.15) is 0 Å². The normalized spacial score (nSPS) is 10.0. The molecule has 0 saturated carbocycles. The van der Waals surface area contributed by atoms with Crippen LogP contribution in [0, 0.1) is 0 Å². The number of halogens is 2. The molecule has 0 nitrogen and oxygen atoms in total. The van der Waals surface area contributed by atoms with Crippen LogP contribution in [0.5, 0.6) is 0 Å². The van der Waals surface area contributed by atoms with Gasteiger partial charge >= 0.3 is 0 Å². The molecule has 0 bridgehead atoms. The zero-order chi connectivity index (χ0) is 4.12. The smallest absolute Gasteiger partial charge is 0.0838 e. The Labute approximate surface area is 35.2 Å². The standard InChI is InChI=1S/C3H4ClF/c4-2-1-3-5/h1,3H,2H2/b3-1-. The van der Waals surface area contributed by atoms with Gasteiger partial charge in [0.2, 0.25) is 0 Å². The van der Waals surface area contributed by atoms with Gasteiger partial charge < -0.3 is 0 Å². The van der Waals surface area contributed by atoms with Gasteiger partial charge in [0.05, 0.1) is 6.33 Å². The molecule has 0 rings (SSSR count). The predicted octanol–water partition coefficient (Wildman–Crippen LogP) is 1.71. The van der Waals surface area contributed by atoms with E-state index in [-0.39, 0.29) is 5.88 Å². The second-order valence-corrected chi connectivity index (χ2v) is 0.825. The van der Waals surface area contributed by atoms with Gasteiger partial charge in [-0.2, -0.15) is 0 Å². The molecule has 0 aliphatic heterocycles. The average molecular weight is 94.5 g/mol. The van der Waals surface area contributed by atoms with Crippen molar-refractivity contribution in [2.45, 2.75) is 0 Å². The molecule has 0 unspecified atom stereocenters. The van der Waals surface area contributed by atoms with Crippen LogP contribution >= 0.6 is 11.6 Å². The Hall–Kier alpha value is -0.0400. The molecule has 0 saturated heterocycles. The molecule has 0 fully saturated rings. The van der Waals surface area contributed by atoms with Crippen molar-refractivity contribution in [2.24, 2.45) is 0 Å². The number of rotatable bonds is 1. The first-order valence-electron chi connectivity index (χ1n) is 1.23. The fraction of sp³-hybridized carbons (Fsp3) is 0.333. The quantitative estimate of drug-likeness (QED) is 0.434. The molecule has 0 amide bonds. The van der Waals surface area contributed by atoms with Crippen molar-refractivity contribution in [2.75, 3.05) is 5.88 Å². The minimum absolute atomic E-state index is 0.260. The summed E-state index contributed by atoms with van der Waals surface area (Å²) in [5.74, 6) is 0.260. The first kappa shape index (κ1) is 4.96. The zero-order valence-electron chi connectivity index (χ0n) is 2.62. The van der Waals surface area contributed by atoms with E-state index in [9.17, 15) is 4.39 Å². The molecule has 0 aromatic carbocycles. The molecule has 0 aliphatic carbocycles. The van der Waals surface area contributed by atoms with Crippen LogP contribution < -0.4 is 0 Å². The van der Waals surface area contributed by atoms with E-state index in [1.54, 1.807) is 0 Å². The molecule has 30 valence electrons. The lowest BCUT2D eigenvalue weighted by molar-refractivity contribution is 0.719. The molecule has 2 heteroatoms. The summed E-state index contributed by atoms with van der Waals surface area (Å²) in [7, 11) is 0. The van der Waals surface area contributed by atoms with Crippen molar-refractivity contribution in [3.63, 3.8) is 0 Å². The predicted molar refractivity (Wildman–Crippen MR) is 21.0 cm³/mol. The first-order chi connectivity index (χ1) is 2.41. The molecule has 0 radical (unpaired) electrons. The Bertz CT molecular complexity index is 33.9. The number of allylic oxidation sites excluding steroid dienone is 1. The van der Waals surface area contributed by atoms with E-state index in [0.29, 0.717) is 6.33 Å². The maximum atomic E-state index is 10.7. The molecule has 0 atom stereocenters. The van der Waals surface area contributed by atoms with Gasteiger partial charge in [-0.25, -0.2) is 4.39 Å². The minimum atomic E-state index is 0.260. The molecule has 0 N–H and O–H groups in total. The van der Waals surface area contributed by atoms with E-state index in [2.05, 4.69) is 0 Å². The topological polar surface area (TPSA) is 0 Å². The lowest BCUT2D eigenvalue weighted by Crippen LogP contribution is -1.49. The Morgan fingerprint density at radius 2 is 2.40 bits per heavy atom. The third-order valence-corrected chi connectivity index (χ3v) is 0.356. The summed E-state index contributed by atoms with van der Waals surface area (Å²) < 4.78 is 10.7. The number of hydrogen-bond acceptors (Lipinski definition) is 0. The van der Waals surface area contributed by atoms with Gasteiger partial charge in [-0.15, -0.1) is 11.6 Å². The van der Waals surface area contributed by atoms with Crippen LogP contribution in [0.25, 0.3) is 0 Å². The van der Waals surface area contributed by atoms with Crippen molar-refractivity contribution in [1.29, 1.82) is 0 Å². The van der Waals surface area contributed by atoms with Crippen LogP contribution in [0.3, 0.4) is 0 Å². The summed E-state index contributed by atoms with van der Waals surface area (Å²) in [5.41, 5.74) is 0. The van der Waals surface area contributed by atoms with E-state index in [1.807, 2.05) is 0 Å². The summed E-state index contributed by atoms with van der Waals surface area (Å²) in [4.78, 5) is 0. The first-order valence-corrected chi connectivity index (χ1v) is 1.76. The third kappa shape index (κ3) is 3.96. The highest BCUT2D eigenvalue weighted by Crippen LogP contribution is 1.75. The minimum Gasteiger partial charge on any atom is -0.216 e. The van der Waals surface area contributed by atoms with Crippen LogP contribution in [0.2, 0.25) is 0 Å². The van der Waals surface area contributed by atoms with Crippen LogP contribution in [0.15, 0.2) is 12.4 Å². The van der Waals surface area contributed by atoms with Gasteiger partial charge in [0, 0.05) is 5.88 Å². The fourth-order valence-electron chi connectivity index (χ4n) is 0.0337. The largest absolute Gasteiger partial charge is 0.216 e. The molecule has 0 aliphatic rings. The highest BCUT2D eigenvalue weighted by molar-refractivity contribution is 6.18. The summed E-state index contributed by atoms with van der Waals surface area (Å²) in [6.45, 7) is 0. The lowest BCUT2D eigenvalue weighted by Gasteiger charge is -1.60. The highest BCUT2D eigenvalue weighted by Gasteiger charge is 1.57. The SMILES string of the molecule is F/C=C\CCl. The van der Waals surface area contributed by atoms with Crippen molar-refractivity contribution < 1.29 is 4.39 Å². The Morgan fingerprint density at radius 3 is 2.40 bits per heavy atom. The van der Waals surface area contributed by atoms with Crippen molar-refractivity contribution in [3.8, 4) is 0 Å². The van der Waals surface area contributed by atoms with Gasteiger partial charge in [0.15, 0.2) is 0 Å². The summed E-state index contributed by atoms with van der Waals surface area (Å²) in [6.07, 6.45) is 1.65. The van der Waals surface area contributed by atoms with E-state index in [4.69, 9.17) is 11.6 Å². The van der Waals surface area contributed by atoms with E-state index in [1.165, 1.54) is 6.08 Å². The van der Waals surface area contributed by atoms with Crippen LogP contribution in [0.4, 0.5) is 4.39 Å². The average Bonchev–Trinajstić information content (AvgIpc) is 1.41. The fourth-order valence-corrected chi connectivity index (χ4v) is 0.101. The number of alkyl halides is 1. The molecular weight excluding hydrogens is 90.5 g/mol. The molecule has 0 aromatic rings. The Morgan fingerprint density at radius 1 is 1.80 bits per heavy atom. The molecule has 0 aromatic heterocycles. The summed E-state index contributed by atoms with van der Waals surface area (Å²) in [5, 5.41) is 0.